The van der Waals surface area contributed by atoms with E-state index in [0.29, 0.717) is 50.4 Å². The molecule has 164 valence electrons. The minimum absolute atomic E-state index is 0.101. The molecule has 7 nitrogen and oxygen atoms in total. The van der Waals surface area contributed by atoms with E-state index < -0.39 is 0 Å². The number of rotatable bonds is 5. The Morgan fingerprint density at radius 2 is 1.56 bits per heavy atom. The molecule has 0 spiro atoms. The second-order valence-corrected chi connectivity index (χ2v) is 7.47. The van der Waals surface area contributed by atoms with Crippen LogP contribution in [-0.4, -0.2) is 27.2 Å². The van der Waals surface area contributed by atoms with Gasteiger partial charge in [-0.1, -0.05) is 6.07 Å². The van der Waals surface area contributed by atoms with Gasteiger partial charge in [-0.15, -0.1) is 0 Å². The van der Waals surface area contributed by atoms with Crippen molar-refractivity contribution in [2.24, 2.45) is 0 Å². The van der Waals surface area contributed by atoms with E-state index in [-0.39, 0.29) is 11.3 Å². The van der Waals surface area contributed by atoms with Crippen molar-refractivity contribution in [1.29, 1.82) is 0 Å². The van der Waals surface area contributed by atoms with E-state index in [4.69, 9.17) is 18.6 Å². The second-order valence-electron chi connectivity index (χ2n) is 7.47. The number of hydrogen-bond donors (Lipinski definition) is 1. The third-order valence-electron chi connectivity index (χ3n) is 5.29. The number of carbonyl (C=O) groups is 1. The van der Waals surface area contributed by atoms with E-state index in [9.17, 15) is 9.59 Å². The summed E-state index contributed by atoms with van der Waals surface area (Å²) in [7, 11) is 4.46. The van der Waals surface area contributed by atoms with Crippen molar-refractivity contribution in [3.05, 3.63) is 69.4 Å². The van der Waals surface area contributed by atoms with Gasteiger partial charge in [-0.2, -0.15) is 0 Å². The van der Waals surface area contributed by atoms with Crippen LogP contribution in [0.25, 0.3) is 21.9 Å². The number of nitrogens with one attached hydrogen (secondary N) is 1. The van der Waals surface area contributed by atoms with Crippen LogP contribution in [0.15, 0.2) is 51.7 Å². The summed E-state index contributed by atoms with van der Waals surface area (Å²) in [6, 6.07) is 11.9. The maximum atomic E-state index is 13.0. The summed E-state index contributed by atoms with van der Waals surface area (Å²) in [4.78, 5) is 25.9. The standard InChI is InChI=1S/C25H23NO6/c1-13-8-14(2)23-18(9-13)22(27)17-7-6-16(12-19(17)32-23)26-25(28)15-10-20(29-3)24(31-5)21(11-15)30-4/h6-12H,1-5H3,(H,26,28). The van der Waals surface area contributed by atoms with Gasteiger partial charge in [-0.3, -0.25) is 9.59 Å². The Kier molecular flexibility index (Phi) is 5.48. The number of anilines is 1. The van der Waals surface area contributed by atoms with Crippen LogP contribution in [0.5, 0.6) is 17.2 Å². The van der Waals surface area contributed by atoms with Crippen molar-refractivity contribution in [2.75, 3.05) is 26.6 Å². The molecule has 0 bridgehead atoms. The van der Waals surface area contributed by atoms with Gasteiger partial charge in [-0.05, 0) is 55.3 Å². The maximum Gasteiger partial charge on any atom is 0.255 e. The van der Waals surface area contributed by atoms with Gasteiger partial charge in [-0.25, -0.2) is 0 Å². The Labute approximate surface area is 184 Å². The highest BCUT2D eigenvalue weighted by Gasteiger charge is 2.18. The van der Waals surface area contributed by atoms with E-state index in [1.807, 2.05) is 26.0 Å². The Hall–Kier alpha value is -4.00. The van der Waals surface area contributed by atoms with Crippen molar-refractivity contribution in [2.45, 2.75) is 13.8 Å². The molecule has 7 heteroatoms. The van der Waals surface area contributed by atoms with E-state index in [2.05, 4.69) is 5.32 Å². The zero-order valence-electron chi connectivity index (χ0n) is 18.5. The molecule has 0 atom stereocenters. The second kappa shape index (κ2) is 8.26. The van der Waals surface area contributed by atoms with Gasteiger partial charge in [0.05, 0.1) is 32.1 Å². The van der Waals surface area contributed by atoms with E-state index in [1.165, 1.54) is 21.3 Å². The van der Waals surface area contributed by atoms with Crippen LogP contribution >= 0.6 is 0 Å². The number of carbonyl (C=O) groups excluding carboxylic acids is 1. The Morgan fingerprint density at radius 3 is 2.19 bits per heavy atom. The quantitative estimate of drug-likeness (QED) is 0.453. The molecular weight excluding hydrogens is 410 g/mol. The van der Waals surface area contributed by atoms with Gasteiger partial charge in [0.1, 0.15) is 11.2 Å². The lowest BCUT2D eigenvalue weighted by Gasteiger charge is -2.14. The molecule has 0 radical (unpaired) electrons. The topological polar surface area (TPSA) is 87.0 Å². The number of methoxy groups -OCH3 is 3. The number of hydrogen-bond acceptors (Lipinski definition) is 6. The minimum atomic E-state index is -0.376. The molecule has 1 heterocycles. The fraction of sp³-hybridized carbons (Fsp3) is 0.200. The smallest absolute Gasteiger partial charge is 0.255 e. The normalized spacial score (nSPS) is 10.9. The Balaban J connectivity index is 1.74. The summed E-state index contributed by atoms with van der Waals surface area (Å²) in [6.07, 6.45) is 0. The predicted octanol–water partition coefficient (Wildman–Crippen LogP) is 4.84. The average molecular weight is 433 g/mol. The first-order valence-electron chi connectivity index (χ1n) is 9.95. The van der Waals surface area contributed by atoms with Gasteiger partial charge in [0.2, 0.25) is 11.2 Å². The molecular formula is C25H23NO6. The van der Waals surface area contributed by atoms with Gasteiger partial charge >= 0.3 is 0 Å². The summed E-state index contributed by atoms with van der Waals surface area (Å²) in [6.45, 7) is 3.85. The maximum absolute atomic E-state index is 13.0. The van der Waals surface area contributed by atoms with Crippen LogP contribution in [0.3, 0.4) is 0 Å². The van der Waals surface area contributed by atoms with E-state index >= 15 is 0 Å². The summed E-state index contributed by atoms with van der Waals surface area (Å²) < 4.78 is 22.0. The average Bonchev–Trinajstić information content (AvgIpc) is 2.78. The van der Waals surface area contributed by atoms with Crippen LogP contribution in [0.2, 0.25) is 0 Å². The van der Waals surface area contributed by atoms with Crippen LogP contribution < -0.4 is 25.0 Å². The first kappa shape index (κ1) is 21.2. The minimum Gasteiger partial charge on any atom is -0.493 e. The van der Waals surface area contributed by atoms with Gasteiger partial charge in [0.25, 0.3) is 5.91 Å². The molecule has 0 fully saturated rings. The molecule has 1 amide bonds. The number of benzene rings is 3. The molecule has 3 aromatic carbocycles. The summed E-state index contributed by atoms with van der Waals surface area (Å²) in [5, 5.41) is 3.83. The van der Waals surface area contributed by atoms with Crippen LogP contribution in [-0.2, 0) is 0 Å². The molecule has 4 aromatic rings. The Morgan fingerprint density at radius 1 is 0.875 bits per heavy atom. The van der Waals surface area contributed by atoms with Crippen LogP contribution in [0, 0.1) is 13.8 Å². The molecule has 0 aliphatic carbocycles. The molecule has 0 aliphatic rings. The van der Waals surface area contributed by atoms with Crippen LogP contribution in [0.1, 0.15) is 21.5 Å². The first-order chi connectivity index (χ1) is 15.4. The summed E-state index contributed by atoms with van der Waals surface area (Å²) in [5.74, 6) is 0.771. The molecule has 32 heavy (non-hydrogen) atoms. The molecule has 0 unspecified atom stereocenters. The van der Waals surface area contributed by atoms with E-state index in [0.717, 1.165) is 11.1 Å². The van der Waals surface area contributed by atoms with Crippen molar-refractivity contribution in [3.8, 4) is 17.2 Å². The highest BCUT2D eigenvalue weighted by molar-refractivity contribution is 6.06. The highest BCUT2D eigenvalue weighted by Crippen LogP contribution is 2.38. The van der Waals surface area contributed by atoms with Crippen molar-refractivity contribution >= 4 is 33.5 Å². The molecule has 0 saturated heterocycles. The zero-order valence-corrected chi connectivity index (χ0v) is 18.5. The summed E-state index contributed by atoms with van der Waals surface area (Å²) >= 11 is 0. The number of ether oxygens (including phenoxy) is 3. The van der Waals surface area contributed by atoms with E-state index in [1.54, 1.807) is 30.3 Å². The SMILES string of the molecule is COc1cc(C(=O)Nc2ccc3c(=O)c4cc(C)cc(C)c4oc3c2)cc(OC)c1OC. The fourth-order valence-corrected chi connectivity index (χ4v) is 3.80. The fourth-order valence-electron chi connectivity index (χ4n) is 3.80. The third-order valence-corrected chi connectivity index (χ3v) is 5.29. The monoisotopic (exact) mass is 433 g/mol. The lowest BCUT2D eigenvalue weighted by molar-refractivity contribution is 0.102. The van der Waals surface area contributed by atoms with Gasteiger partial charge in [0, 0.05) is 17.3 Å². The van der Waals surface area contributed by atoms with Crippen molar-refractivity contribution < 1.29 is 23.4 Å². The van der Waals surface area contributed by atoms with Gasteiger partial charge in [0.15, 0.2) is 11.5 Å². The lowest BCUT2D eigenvalue weighted by Crippen LogP contribution is -2.13. The predicted molar refractivity (Wildman–Crippen MR) is 124 cm³/mol. The third kappa shape index (κ3) is 3.62. The number of fused-ring (bicyclic) bond motifs is 2. The van der Waals surface area contributed by atoms with Crippen molar-refractivity contribution in [3.63, 3.8) is 0 Å². The molecule has 1 aromatic heterocycles. The molecule has 0 saturated carbocycles. The van der Waals surface area contributed by atoms with Crippen LogP contribution in [0.4, 0.5) is 5.69 Å². The first-order valence-corrected chi connectivity index (χ1v) is 9.95. The largest absolute Gasteiger partial charge is 0.493 e. The highest BCUT2D eigenvalue weighted by atomic mass is 16.5. The molecule has 4 rings (SSSR count). The van der Waals surface area contributed by atoms with Gasteiger partial charge < -0.3 is 23.9 Å². The summed E-state index contributed by atoms with van der Waals surface area (Å²) in [5.41, 5.74) is 3.53. The Bertz CT molecular complexity index is 1390. The number of amides is 1. The molecule has 1 N–H and O–H groups in total. The van der Waals surface area contributed by atoms with Crippen molar-refractivity contribution in [1.82, 2.24) is 0 Å². The zero-order chi connectivity index (χ0) is 23.0. The lowest BCUT2D eigenvalue weighted by atomic mass is 10.1. The number of aryl methyl sites for hydroxylation is 2. The molecule has 0 aliphatic heterocycles.